The van der Waals surface area contributed by atoms with Gasteiger partial charge in [-0.2, -0.15) is 0 Å². The lowest BCUT2D eigenvalue weighted by molar-refractivity contribution is -0.122. The third-order valence-electron chi connectivity index (χ3n) is 3.66. The first kappa shape index (κ1) is 20.7. The molecule has 8 nitrogen and oxygen atoms in total. The van der Waals surface area contributed by atoms with Gasteiger partial charge >= 0.3 is 0 Å². The SMILES string of the molecule is COc1cc(OC)cc(C(=O)N2CCOCC2CN(C)C)c1.O=CO. The van der Waals surface area contributed by atoms with E-state index in [1.54, 1.807) is 32.4 Å². The van der Waals surface area contributed by atoms with Crippen LogP contribution >= 0.6 is 0 Å². The van der Waals surface area contributed by atoms with E-state index in [1.165, 1.54) is 0 Å². The van der Waals surface area contributed by atoms with Gasteiger partial charge < -0.3 is 29.1 Å². The molecule has 2 rings (SSSR count). The molecule has 1 atom stereocenters. The third-order valence-corrected chi connectivity index (χ3v) is 3.66. The molecule has 0 saturated carbocycles. The molecule has 1 amide bonds. The Kier molecular flexibility index (Phi) is 8.73. The Morgan fingerprint density at radius 1 is 1.32 bits per heavy atom. The first-order valence-electron chi connectivity index (χ1n) is 7.81. The highest BCUT2D eigenvalue weighted by Gasteiger charge is 2.29. The van der Waals surface area contributed by atoms with Crippen molar-refractivity contribution in [2.45, 2.75) is 6.04 Å². The Morgan fingerprint density at radius 2 is 1.88 bits per heavy atom. The quantitative estimate of drug-likeness (QED) is 0.783. The number of ether oxygens (including phenoxy) is 3. The van der Waals surface area contributed by atoms with Crippen LogP contribution in [0.1, 0.15) is 10.4 Å². The van der Waals surface area contributed by atoms with Gasteiger partial charge in [0.05, 0.1) is 33.5 Å². The fourth-order valence-corrected chi connectivity index (χ4v) is 2.59. The number of hydrogen-bond acceptors (Lipinski definition) is 6. The second-order valence-corrected chi connectivity index (χ2v) is 5.70. The molecule has 8 heteroatoms. The summed E-state index contributed by atoms with van der Waals surface area (Å²) in [7, 11) is 7.14. The molecule has 0 spiro atoms. The van der Waals surface area contributed by atoms with Gasteiger partial charge in [0, 0.05) is 24.7 Å². The molecule has 1 N–H and O–H groups in total. The Hall–Kier alpha value is -2.32. The van der Waals surface area contributed by atoms with Gasteiger partial charge in [0.1, 0.15) is 11.5 Å². The molecule has 1 heterocycles. The normalized spacial score (nSPS) is 16.7. The molecule has 1 aliphatic rings. The third kappa shape index (κ3) is 6.24. The topological polar surface area (TPSA) is 88.5 Å². The van der Waals surface area contributed by atoms with Crippen LogP contribution in [-0.4, -0.2) is 87.9 Å². The maximum absolute atomic E-state index is 12.9. The van der Waals surface area contributed by atoms with E-state index in [0.29, 0.717) is 36.8 Å². The maximum atomic E-state index is 12.9. The minimum absolute atomic E-state index is 0.0210. The molecule has 1 aromatic carbocycles. The number of carbonyl (C=O) groups is 2. The van der Waals surface area contributed by atoms with Crippen molar-refractivity contribution in [1.29, 1.82) is 0 Å². The second kappa shape index (κ2) is 10.5. The summed E-state index contributed by atoms with van der Waals surface area (Å²) in [5.74, 6) is 1.20. The molecule has 25 heavy (non-hydrogen) atoms. The number of hydrogen-bond donors (Lipinski definition) is 1. The van der Waals surface area contributed by atoms with Gasteiger partial charge in [-0.3, -0.25) is 9.59 Å². The zero-order valence-corrected chi connectivity index (χ0v) is 15.1. The lowest BCUT2D eigenvalue weighted by atomic mass is 10.1. The van der Waals surface area contributed by atoms with Crippen LogP contribution in [0.25, 0.3) is 0 Å². The maximum Gasteiger partial charge on any atom is 0.290 e. The van der Waals surface area contributed by atoms with E-state index in [9.17, 15) is 4.79 Å². The summed E-state index contributed by atoms with van der Waals surface area (Å²) in [5, 5.41) is 6.89. The first-order chi connectivity index (χ1) is 12.0. The monoisotopic (exact) mass is 354 g/mol. The van der Waals surface area contributed by atoms with Gasteiger partial charge in [-0.15, -0.1) is 0 Å². The molecule has 0 radical (unpaired) electrons. The number of nitrogens with zero attached hydrogens (tertiary/aromatic N) is 2. The summed E-state index contributed by atoms with van der Waals surface area (Å²) in [6.07, 6.45) is 0. The molecule has 1 saturated heterocycles. The molecular formula is C17H26N2O6. The summed E-state index contributed by atoms with van der Waals surface area (Å²) in [6, 6.07) is 5.29. The van der Waals surface area contributed by atoms with E-state index in [0.717, 1.165) is 6.54 Å². The van der Waals surface area contributed by atoms with Gasteiger partial charge in [-0.1, -0.05) is 0 Å². The van der Waals surface area contributed by atoms with E-state index in [4.69, 9.17) is 24.1 Å². The van der Waals surface area contributed by atoms with Crippen molar-refractivity contribution in [3.05, 3.63) is 23.8 Å². The summed E-state index contributed by atoms with van der Waals surface area (Å²) in [5.41, 5.74) is 0.571. The van der Waals surface area contributed by atoms with E-state index in [2.05, 4.69) is 4.90 Å². The van der Waals surface area contributed by atoms with Crippen LogP contribution in [0.5, 0.6) is 11.5 Å². The minimum atomic E-state index is -0.250. The largest absolute Gasteiger partial charge is 0.497 e. The Morgan fingerprint density at radius 3 is 2.36 bits per heavy atom. The van der Waals surface area contributed by atoms with Gasteiger partial charge in [0.2, 0.25) is 0 Å². The van der Waals surface area contributed by atoms with E-state index >= 15 is 0 Å². The number of rotatable bonds is 5. The van der Waals surface area contributed by atoms with Gasteiger partial charge in [0.15, 0.2) is 0 Å². The Labute approximate surface area is 147 Å². The summed E-state index contributed by atoms with van der Waals surface area (Å²) in [6.45, 7) is 2.24. The lowest BCUT2D eigenvalue weighted by Gasteiger charge is -2.37. The van der Waals surface area contributed by atoms with Gasteiger partial charge in [0.25, 0.3) is 12.4 Å². The minimum Gasteiger partial charge on any atom is -0.497 e. The van der Waals surface area contributed by atoms with Crippen LogP contribution < -0.4 is 9.47 Å². The summed E-state index contributed by atoms with van der Waals surface area (Å²) >= 11 is 0. The fourth-order valence-electron chi connectivity index (χ4n) is 2.59. The van der Waals surface area contributed by atoms with Crippen LogP contribution in [0.3, 0.4) is 0 Å². The summed E-state index contributed by atoms with van der Waals surface area (Å²) in [4.78, 5) is 25.2. The van der Waals surface area contributed by atoms with Gasteiger partial charge in [-0.25, -0.2) is 0 Å². The van der Waals surface area contributed by atoms with Crippen LogP contribution in [0, 0.1) is 0 Å². The van der Waals surface area contributed by atoms with Crippen molar-refractivity contribution in [2.75, 3.05) is 54.6 Å². The lowest BCUT2D eigenvalue weighted by Crippen LogP contribution is -2.52. The molecule has 0 aromatic heterocycles. The number of carboxylic acid groups (broad SMARTS) is 1. The van der Waals surface area contributed by atoms with Crippen LogP contribution in [0.2, 0.25) is 0 Å². The van der Waals surface area contributed by atoms with E-state index < -0.39 is 0 Å². The molecule has 1 unspecified atom stereocenters. The van der Waals surface area contributed by atoms with E-state index in [1.807, 2.05) is 19.0 Å². The number of benzene rings is 1. The van der Waals surface area contributed by atoms with Crippen molar-refractivity contribution in [3.8, 4) is 11.5 Å². The average molecular weight is 354 g/mol. The molecule has 1 aromatic rings. The highest BCUT2D eigenvalue weighted by Crippen LogP contribution is 2.24. The van der Waals surface area contributed by atoms with Crippen LogP contribution in [0.4, 0.5) is 0 Å². The highest BCUT2D eigenvalue weighted by atomic mass is 16.5. The smallest absolute Gasteiger partial charge is 0.290 e. The standard InChI is InChI=1S/C16H24N2O4.CH2O2/c1-17(2)10-13-11-22-6-5-18(13)16(19)12-7-14(20-3)9-15(8-12)21-4;2-1-3/h7-9,13H,5-6,10-11H2,1-4H3;1H,(H,2,3). The van der Waals surface area contributed by atoms with Crippen molar-refractivity contribution in [2.24, 2.45) is 0 Å². The van der Waals surface area contributed by atoms with E-state index in [-0.39, 0.29) is 18.4 Å². The number of amides is 1. The first-order valence-corrected chi connectivity index (χ1v) is 7.81. The fraction of sp³-hybridized carbons (Fsp3) is 0.529. The zero-order chi connectivity index (χ0) is 18.8. The number of morpholine rings is 1. The predicted octanol–water partition coefficient (Wildman–Crippen LogP) is 0.807. The second-order valence-electron chi connectivity index (χ2n) is 5.70. The van der Waals surface area contributed by atoms with Crippen molar-refractivity contribution in [3.63, 3.8) is 0 Å². The number of carbonyl (C=O) groups excluding carboxylic acids is 1. The Balaban J connectivity index is 0.000000970. The van der Waals surface area contributed by atoms with Gasteiger partial charge in [-0.05, 0) is 26.2 Å². The number of likely N-dealkylation sites (N-methyl/N-ethyl adjacent to an activating group) is 1. The molecule has 0 aliphatic carbocycles. The van der Waals surface area contributed by atoms with Crippen molar-refractivity contribution < 1.29 is 28.9 Å². The zero-order valence-electron chi connectivity index (χ0n) is 15.1. The van der Waals surface area contributed by atoms with Crippen LogP contribution in [0.15, 0.2) is 18.2 Å². The molecule has 140 valence electrons. The van der Waals surface area contributed by atoms with Crippen molar-refractivity contribution >= 4 is 12.4 Å². The molecule has 1 aliphatic heterocycles. The molecule has 1 fully saturated rings. The highest BCUT2D eigenvalue weighted by molar-refractivity contribution is 5.95. The summed E-state index contributed by atoms with van der Waals surface area (Å²) < 4.78 is 16.0. The predicted molar refractivity (Wildman–Crippen MR) is 92.4 cm³/mol. The van der Waals surface area contributed by atoms with Crippen molar-refractivity contribution in [1.82, 2.24) is 9.80 Å². The Bertz CT molecular complexity index is 542. The average Bonchev–Trinajstić information content (AvgIpc) is 2.61. The number of methoxy groups -OCH3 is 2. The molecular weight excluding hydrogens is 328 g/mol. The van der Waals surface area contributed by atoms with Crippen LogP contribution in [-0.2, 0) is 9.53 Å². The molecule has 0 bridgehead atoms.